The van der Waals surface area contributed by atoms with Crippen molar-refractivity contribution in [1.82, 2.24) is 10.2 Å². The first-order valence-electron chi connectivity index (χ1n) is 6.35. The molecule has 0 aliphatic carbocycles. The Morgan fingerprint density at radius 1 is 1.29 bits per heavy atom. The predicted molar refractivity (Wildman–Crippen MR) is 67.5 cm³/mol. The monoisotopic (exact) mass is 238 g/mol. The molecule has 17 heavy (non-hydrogen) atoms. The quantitative estimate of drug-likeness (QED) is 0.433. The van der Waals surface area contributed by atoms with E-state index in [1.807, 2.05) is 0 Å². The van der Waals surface area contributed by atoms with Crippen LogP contribution >= 0.6 is 0 Å². The van der Waals surface area contributed by atoms with Crippen LogP contribution in [0.3, 0.4) is 0 Å². The van der Waals surface area contributed by atoms with E-state index in [1.165, 1.54) is 4.90 Å². The normalized spacial score (nSPS) is 17.1. The first-order chi connectivity index (χ1) is 8.15. The van der Waals surface area contributed by atoms with E-state index in [0.29, 0.717) is 25.9 Å². The lowest BCUT2D eigenvalue weighted by atomic mass is 10.2. The second-order valence-electron chi connectivity index (χ2n) is 4.51. The lowest BCUT2D eigenvalue weighted by Crippen LogP contribution is -2.38. The van der Waals surface area contributed by atoms with Gasteiger partial charge in [0.2, 0.25) is 11.8 Å². The minimum absolute atomic E-state index is 0.0517. The van der Waals surface area contributed by atoms with Crippen molar-refractivity contribution in [2.75, 3.05) is 19.6 Å². The Balaban J connectivity index is 2.43. The summed E-state index contributed by atoms with van der Waals surface area (Å²) in [5.41, 5.74) is 0.891. The fourth-order valence-corrected chi connectivity index (χ4v) is 1.86. The van der Waals surface area contributed by atoms with Crippen molar-refractivity contribution in [1.29, 1.82) is 0 Å². The molecule has 0 aromatic carbocycles. The Kier molecular flexibility index (Phi) is 5.91. The van der Waals surface area contributed by atoms with Gasteiger partial charge in [0.15, 0.2) is 0 Å². The van der Waals surface area contributed by atoms with Crippen molar-refractivity contribution in [2.24, 2.45) is 0 Å². The average Bonchev–Trinajstić information content (AvgIpc) is 2.44. The molecule has 1 saturated heterocycles. The van der Waals surface area contributed by atoms with Gasteiger partial charge in [0.25, 0.3) is 0 Å². The van der Waals surface area contributed by atoms with Gasteiger partial charge in [0.05, 0.1) is 6.54 Å². The highest BCUT2D eigenvalue weighted by Gasteiger charge is 2.23. The SMILES string of the molecule is C=C(CNCCC)CN1C(=O)CCCCC1=O. The van der Waals surface area contributed by atoms with E-state index < -0.39 is 0 Å². The van der Waals surface area contributed by atoms with Crippen LogP contribution in [0.2, 0.25) is 0 Å². The molecule has 0 atom stereocenters. The van der Waals surface area contributed by atoms with Crippen molar-refractivity contribution in [3.05, 3.63) is 12.2 Å². The van der Waals surface area contributed by atoms with E-state index in [9.17, 15) is 9.59 Å². The van der Waals surface area contributed by atoms with E-state index in [4.69, 9.17) is 0 Å². The minimum Gasteiger partial charge on any atom is -0.313 e. The molecule has 4 heteroatoms. The zero-order chi connectivity index (χ0) is 12.7. The summed E-state index contributed by atoms with van der Waals surface area (Å²) in [6.45, 7) is 7.98. The van der Waals surface area contributed by atoms with E-state index in [1.54, 1.807) is 0 Å². The van der Waals surface area contributed by atoms with Crippen LogP contribution in [0.5, 0.6) is 0 Å². The largest absolute Gasteiger partial charge is 0.313 e. The average molecular weight is 238 g/mol. The number of hydrogen-bond donors (Lipinski definition) is 1. The van der Waals surface area contributed by atoms with Crippen molar-refractivity contribution < 1.29 is 9.59 Å². The lowest BCUT2D eigenvalue weighted by Gasteiger charge is -2.20. The molecule has 0 spiro atoms. The van der Waals surface area contributed by atoms with E-state index in [0.717, 1.165) is 31.4 Å². The Bertz CT molecular complexity index is 282. The number of likely N-dealkylation sites (tertiary alicyclic amines) is 1. The highest BCUT2D eigenvalue weighted by atomic mass is 16.2. The molecule has 0 unspecified atom stereocenters. The Hall–Kier alpha value is -1.16. The summed E-state index contributed by atoms with van der Waals surface area (Å²) in [6.07, 6.45) is 3.68. The van der Waals surface area contributed by atoms with Gasteiger partial charge in [0, 0.05) is 19.4 Å². The van der Waals surface area contributed by atoms with Gasteiger partial charge in [-0.25, -0.2) is 0 Å². The number of nitrogens with one attached hydrogen (secondary N) is 1. The van der Waals surface area contributed by atoms with Gasteiger partial charge < -0.3 is 5.32 Å². The summed E-state index contributed by atoms with van der Waals surface area (Å²) in [6, 6.07) is 0. The maximum atomic E-state index is 11.7. The van der Waals surface area contributed by atoms with Crippen molar-refractivity contribution in [2.45, 2.75) is 39.0 Å². The number of hydrogen-bond acceptors (Lipinski definition) is 3. The predicted octanol–water partition coefficient (Wildman–Crippen LogP) is 1.47. The Morgan fingerprint density at radius 3 is 2.41 bits per heavy atom. The molecule has 0 radical (unpaired) electrons. The number of rotatable bonds is 6. The summed E-state index contributed by atoms with van der Waals surface area (Å²) in [7, 11) is 0. The zero-order valence-electron chi connectivity index (χ0n) is 10.6. The molecule has 0 aromatic rings. The molecule has 96 valence electrons. The van der Waals surface area contributed by atoms with E-state index in [2.05, 4.69) is 18.8 Å². The van der Waals surface area contributed by atoms with Gasteiger partial charge in [-0.2, -0.15) is 0 Å². The molecule has 1 aliphatic heterocycles. The van der Waals surface area contributed by atoms with Gasteiger partial charge >= 0.3 is 0 Å². The number of carbonyl (C=O) groups excluding carboxylic acids is 2. The summed E-state index contributed by atoms with van der Waals surface area (Å²) in [5, 5.41) is 3.22. The van der Waals surface area contributed by atoms with Crippen LogP contribution in [0.25, 0.3) is 0 Å². The van der Waals surface area contributed by atoms with Crippen LogP contribution in [0.15, 0.2) is 12.2 Å². The summed E-state index contributed by atoms with van der Waals surface area (Å²) in [4.78, 5) is 24.8. The molecule has 1 fully saturated rings. The second kappa shape index (κ2) is 7.22. The fourth-order valence-electron chi connectivity index (χ4n) is 1.86. The summed E-state index contributed by atoms with van der Waals surface area (Å²) < 4.78 is 0. The van der Waals surface area contributed by atoms with Gasteiger partial charge in [0.1, 0.15) is 0 Å². The molecule has 1 rings (SSSR count). The molecule has 0 bridgehead atoms. The van der Waals surface area contributed by atoms with Crippen LogP contribution in [0.1, 0.15) is 39.0 Å². The van der Waals surface area contributed by atoms with Gasteiger partial charge in [-0.15, -0.1) is 0 Å². The van der Waals surface area contributed by atoms with Gasteiger partial charge in [-0.1, -0.05) is 13.5 Å². The highest BCUT2D eigenvalue weighted by molar-refractivity contribution is 5.96. The number of imide groups is 1. The van der Waals surface area contributed by atoms with Crippen LogP contribution in [0.4, 0.5) is 0 Å². The second-order valence-corrected chi connectivity index (χ2v) is 4.51. The molecule has 1 heterocycles. The van der Waals surface area contributed by atoms with Crippen LogP contribution in [-0.2, 0) is 9.59 Å². The molecular weight excluding hydrogens is 216 g/mol. The number of nitrogens with zero attached hydrogens (tertiary/aromatic N) is 1. The first-order valence-corrected chi connectivity index (χ1v) is 6.35. The third-order valence-corrected chi connectivity index (χ3v) is 2.82. The topological polar surface area (TPSA) is 49.4 Å². The molecule has 1 N–H and O–H groups in total. The van der Waals surface area contributed by atoms with E-state index in [-0.39, 0.29) is 11.8 Å². The number of carbonyl (C=O) groups is 2. The summed E-state index contributed by atoms with van der Waals surface area (Å²) in [5.74, 6) is -0.103. The zero-order valence-corrected chi connectivity index (χ0v) is 10.6. The first kappa shape index (κ1) is 13.9. The van der Waals surface area contributed by atoms with Crippen molar-refractivity contribution >= 4 is 11.8 Å². The standard InChI is InChI=1S/C13H22N2O2/c1-3-8-14-9-11(2)10-15-12(16)6-4-5-7-13(15)17/h14H,2-10H2,1H3. The minimum atomic E-state index is -0.0517. The molecule has 1 aliphatic rings. The fraction of sp³-hybridized carbons (Fsp3) is 0.692. The maximum Gasteiger partial charge on any atom is 0.229 e. The van der Waals surface area contributed by atoms with Gasteiger partial charge in [-0.3, -0.25) is 14.5 Å². The number of amides is 2. The lowest BCUT2D eigenvalue weighted by molar-refractivity contribution is -0.143. The van der Waals surface area contributed by atoms with Crippen LogP contribution in [0, 0.1) is 0 Å². The van der Waals surface area contributed by atoms with Gasteiger partial charge in [-0.05, 0) is 31.4 Å². The third kappa shape index (κ3) is 4.69. The highest BCUT2D eigenvalue weighted by Crippen LogP contribution is 2.13. The maximum absolute atomic E-state index is 11.7. The van der Waals surface area contributed by atoms with Crippen molar-refractivity contribution in [3.63, 3.8) is 0 Å². The Labute approximate surface area is 103 Å². The molecular formula is C13H22N2O2. The van der Waals surface area contributed by atoms with Crippen LogP contribution in [-0.4, -0.2) is 36.3 Å². The molecule has 4 nitrogen and oxygen atoms in total. The smallest absolute Gasteiger partial charge is 0.229 e. The molecule has 0 aromatic heterocycles. The third-order valence-electron chi connectivity index (χ3n) is 2.82. The van der Waals surface area contributed by atoms with Crippen molar-refractivity contribution in [3.8, 4) is 0 Å². The Morgan fingerprint density at radius 2 is 1.88 bits per heavy atom. The molecule has 2 amide bonds. The van der Waals surface area contributed by atoms with Crippen LogP contribution < -0.4 is 5.32 Å². The summed E-state index contributed by atoms with van der Waals surface area (Å²) >= 11 is 0. The van der Waals surface area contributed by atoms with E-state index >= 15 is 0 Å². The molecule has 0 saturated carbocycles.